The fourth-order valence-electron chi connectivity index (χ4n) is 1.68. The molecule has 0 spiro atoms. The Kier molecular flexibility index (Phi) is 7.45. The normalized spacial score (nSPS) is 12.0. The van der Waals surface area contributed by atoms with E-state index in [9.17, 15) is 13.2 Å². The average molecular weight is 475 g/mol. The second-order valence-electron chi connectivity index (χ2n) is 4.65. The van der Waals surface area contributed by atoms with E-state index in [0.717, 1.165) is 28.2 Å². The zero-order valence-electron chi connectivity index (χ0n) is 13.2. The fraction of sp³-hybridized carbons (Fsp3) is 0.462. The van der Waals surface area contributed by atoms with Crippen LogP contribution in [0.15, 0.2) is 14.8 Å². The molecular weight excluding hydrogens is 458 g/mol. The molecule has 134 valence electrons. The number of hydrogen-bond donors (Lipinski definition) is 2. The van der Waals surface area contributed by atoms with Crippen LogP contribution in [0.5, 0.6) is 0 Å². The number of alkyl halides is 3. The molecule has 24 heavy (non-hydrogen) atoms. The number of nitrogens with zero attached hydrogens (tertiary/aromatic N) is 3. The van der Waals surface area contributed by atoms with Crippen molar-refractivity contribution in [3.8, 4) is 0 Å². The zero-order valence-corrected chi connectivity index (χ0v) is 16.3. The van der Waals surface area contributed by atoms with Crippen molar-refractivity contribution >= 4 is 41.3 Å². The van der Waals surface area contributed by atoms with Gasteiger partial charge in [-0.2, -0.15) is 13.2 Å². The molecule has 0 bridgehead atoms. The van der Waals surface area contributed by atoms with Crippen LogP contribution >= 0.6 is 35.3 Å². The lowest BCUT2D eigenvalue weighted by Gasteiger charge is -2.09. The highest BCUT2D eigenvalue weighted by atomic mass is 127. The third-order valence-electron chi connectivity index (χ3n) is 2.95. The molecule has 0 unspecified atom stereocenters. The molecule has 0 saturated heterocycles. The molecule has 0 atom stereocenters. The first-order chi connectivity index (χ1) is 10.8. The number of nitrogens with one attached hydrogen (secondary N) is 2. The summed E-state index contributed by atoms with van der Waals surface area (Å²) in [5, 5.41) is 7.18. The quantitative estimate of drug-likeness (QED) is 0.404. The van der Waals surface area contributed by atoms with Crippen molar-refractivity contribution in [2.75, 3.05) is 7.05 Å². The number of halogens is 4. The van der Waals surface area contributed by atoms with Crippen LogP contribution in [-0.4, -0.2) is 23.0 Å². The van der Waals surface area contributed by atoms with Crippen LogP contribution in [0.1, 0.15) is 28.0 Å². The minimum absolute atomic E-state index is 0. The monoisotopic (exact) mass is 475 g/mol. The van der Waals surface area contributed by atoms with Gasteiger partial charge in [-0.15, -0.1) is 35.3 Å². The molecule has 2 N–H and O–H groups in total. The number of aliphatic imine (C=N–C) groups is 1. The van der Waals surface area contributed by atoms with E-state index in [1.165, 1.54) is 0 Å². The molecule has 0 amide bonds. The second-order valence-corrected chi connectivity index (χ2v) is 5.60. The van der Waals surface area contributed by atoms with E-state index in [1.807, 2.05) is 13.8 Å². The van der Waals surface area contributed by atoms with Gasteiger partial charge in [0.1, 0.15) is 10.8 Å². The van der Waals surface area contributed by atoms with E-state index >= 15 is 0 Å². The molecular formula is C13H17F3IN5OS. The van der Waals surface area contributed by atoms with Crippen LogP contribution in [0, 0.1) is 13.8 Å². The Morgan fingerprint density at radius 1 is 1.25 bits per heavy atom. The third-order valence-corrected chi connectivity index (χ3v) is 3.80. The van der Waals surface area contributed by atoms with Gasteiger partial charge in [0, 0.05) is 12.4 Å². The van der Waals surface area contributed by atoms with E-state index in [0.29, 0.717) is 23.4 Å². The summed E-state index contributed by atoms with van der Waals surface area (Å²) in [7, 11) is 1.56. The van der Waals surface area contributed by atoms with Crippen LogP contribution in [0.25, 0.3) is 0 Å². The molecule has 0 aromatic carbocycles. The highest BCUT2D eigenvalue weighted by Crippen LogP contribution is 2.29. The molecule has 2 aromatic heterocycles. The minimum atomic E-state index is -4.42. The number of guanidine groups is 1. The first kappa shape index (κ1) is 20.7. The van der Waals surface area contributed by atoms with Gasteiger partial charge in [-0.1, -0.05) is 0 Å². The van der Waals surface area contributed by atoms with Crippen LogP contribution in [0.4, 0.5) is 13.2 Å². The number of aromatic nitrogens is 2. The summed E-state index contributed by atoms with van der Waals surface area (Å²) in [6.45, 7) is 4.12. The average Bonchev–Trinajstić information content (AvgIpc) is 3.06. The molecule has 0 fully saturated rings. The van der Waals surface area contributed by atoms with Crippen LogP contribution in [0.3, 0.4) is 0 Å². The van der Waals surface area contributed by atoms with Crippen LogP contribution in [0.2, 0.25) is 0 Å². The Morgan fingerprint density at radius 3 is 2.42 bits per heavy atom. The molecule has 0 saturated carbocycles. The van der Waals surface area contributed by atoms with Crippen molar-refractivity contribution in [3.05, 3.63) is 33.4 Å². The van der Waals surface area contributed by atoms with E-state index in [2.05, 4.69) is 25.6 Å². The standard InChI is InChI=1S/C13H16F3N5OS.HI/c1-7-8(2)22-10(20-7)4-18-12(17-3)19-5-11-21-9(6-23-11)13(14,15)16;/h6H,4-5H2,1-3H3,(H2,17,18,19);1H. The maximum Gasteiger partial charge on any atom is 0.434 e. The number of thiazole rings is 1. The van der Waals surface area contributed by atoms with Gasteiger partial charge in [0.05, 0.1) is 18.8 Å². The summed E-state index contributed by atoms with van der Waals surface area (Å²) in [6, 6.07) is 0. The van der Waals surface area contributed by atoms with Gasteiger partial charge >= 0.3 is 6.18 Å². The molecule has 0 radical (unpaired) electrons. The lowest BCUT2D eigenvalue weighted by Crippen LogP contribution is -2.36. The fourth-order valence-corrected chi connectivity index (χ4v) is 2.42. The van der Waals surface area contributed by atoms with Gasteiger partial charge in [0.15, 0.2) is 11.7 Å². The third kappa shape index (κ3) is 5.61. The lowest BCUT2D eigenvalue weighted by molar-refractivity contribution is -0.140. The second kappa shape index (κ2) is 8.65. The molecule has 2 rings (SSSR count). The van der Waals surface area contributed by atoms with E-state index in [1.54, 1.807) is 7.05 Å². The molecule has 0 aliphatic carbocycles. The van der Waals surface area contributed by atoms with Crippen LogP contribution in [-0.2, 0) is 19.3 Å². The Hall–Kier alpha value is -1.37. The van der Waals surface area contributed by atoms with Gasteiger partial charge in [0.25, 0.3) is 0 Å². The molecule has 6 nitrogen and oxygen atoms in total. The number of hydrogen-bond acceptors (Lipinski definition) is 5. The molecule has 0 aliphatic rings. The summed E-state index contributed by atoms with van der Waals surface area (Å²) in [5.41, 5.74) is -0.0693. The van der Waals surface area contributed by atoms with E-state index in [-0.39, 0.29) is 30.5 Å². The maximum atomic E-state index is 12.5. The lowest BCUT2D eigenvalue weighted by atomic mass is 10.4. The summed E-state index contributed by atoms with van der Waals surface area (Å²) in [6.07, 6.45) is -4.42. The maximum absolute atomic E-state index is 12.5. The zero-order chi connectivity index (χ0) is 17.0. The Morgan fingerprint density at radius 2 is 1.92 bits per heavy atom. The van der Waals surface area contributed by atoms with Gasteiger partial charge < -0.3 is 15.1 Å². The Balaban J connectivity index is 0.00000288. The molecule has 2 heterocycles. The van der Waals surface area contributed by atoms with Gasteiger partial charge in [0.2, 0.25) is 5.89 Å². The van der Waals surface area contributed by atoms with Crippen molar-refractivity contribution in [2.24, 2.45) is 4.99 Å². The van der Waals surface area contributed by atoms with E-state index < -0.39 is 11.9 Å². The van der Waals surface area contributed by atoms with Crippen LogP contribution < -0.4 is 10.6 Å². The summed E-state index contributed by atoms with van der Waals surface area (Å²) in [4.78, 5) is 11.7. The van der Waals surface area contributed by atoms with Crippen molar-refractivity contribution in [2.45, 2.75) is 33.1 Å². The smallest absolute Gasteiger partial charge is 0.434 e. The van der Waals surface area contributed by atoms with Crippen molar-refractivity contribution < 1.29 is 17.6 Å². The number of rotatable bonds is 4. The minimum Gasteiger partial charge on any atom is -0.444 e. The van der Waals surface area contributed by atoms with Crippen molar-refractivity contribution in [3.63, 3.8) is 0 Å². The first-order valence-corrected chi connectivity index (χ1v) is 7.56. The summed E-state index contributed by atoms with van der Waals surface area (Å²) >= 11 is 0.941. The van der Waals surface area contributed by atoms with Crippen molar-refractivity contribution in [1.29, 1.82) is 0 Å². The van der Waals surface area contributed by atoms with Gasteiger partial charge in [-0.3, -0.25) is 4.99 Å². The highest BCUT2D eigenvalue weighted by molar-refractivity contribution is 14.0. The largest absolute Gasteiger partial charge is 0.444 e. The van der Waals surface area contributed by atoms with Gasteiger partial charge in [-0.05, 0) is 13.8 Å². The first-order valence-electron chi connectivity index (χ1n) is 6.68. The van der Waals surface area contributed by atoms with Crippen molar-refractivity contribution in [1.82, 2.24) is 20.6 Å². The van der Waals surface area contributed by atoms with E-state index in [4.69, 9.17) is 4.42 Å². The number of aryl methyl sites for hydroxylation is 2. The predicted molar refractivity (Wildman–Crippen MR) is 95.5 cm³/mol. The number of oxazole rings is 1. The Bertz CT molecular complexity index is 679. The summed E-state index contributed by atoms with van der Waals surface area (Å²) in [5.74, 6) is 1.67. The molecule has 11 heteroatoms. The Labute approximate surface area is 158 Å². The topological polar surface area (TPSA) is 75.3 Å². The predicted octanol–water partition coefficient (Wildman–Crippen LogP) is 3.25. The highest BCUT2D eigenvalue weighted by Gasteiger charge is 2.33. The molecule has 2 aromatic rings. The van der Waals surface area contributed by atoms with Gasteiger partial charge in [-0.25, -0.2) is 9.97 Å². The summed E-state index contributed by atoms with van der Waals surface area (Å²) < 4.78 is 42.9. The molecule has 0 aliphatic heterocycles. The SMILES string of the molecule is CN=C(NCc1nc(C)c(C)o1)NCc1nc(C(F)(F)F)cs1.I.